The number of carbonyl (C=O) groups excluding carboxylic acids is 1. The van der Waals surface area contributed by atoms with Crippen LogP contribution in [0.5, 0.6) is 0 Å². The van der Waals surface area contributed by atoms with Crippen molar-refractivity contribution in [2.45, 2.75) is 32.7 Å². The van der Waals surface area contributed by atoms with Crippen LogP contribution in [0.2, 0.25) is 0 Å². The van der Waals surface area contributed by atoms with Crippen molar-refractivity contribution in [3.8, 4) is 0 Å². The van der Waals surface area contributed by atoms with E-state index in [2.05, 4.69) is 17.2 Å². The number of amides is 1. The van der Waals surface area contributed by atoms with Crippen molar-refractivity contribution in [3.63, 3.8) is 0 Å². The van der Waals surface area contributed by atoms with Crippen LogP contribution in [0, 0.1) is 5.92 Å². The van der Waals surface area contributed by atoms with Crippen molar-refractivity contribution in [1.82, 2.24) is 19.8 Å². The van der Waals surface area contributed by atoms with Gasteiger partial charge in [0.1, 0.15) is 4.83 Å². The zero-order valence-electron chi connectivity index (χ0n) is 14.0. The lowest BCUT2D eigenvalue weighted by atomic mass is 9.96. The summed E-state index contributed by atoms with van der Waals surface area (Å²) >= 11 is 1.46. The van der Waals surface area contributed by atoms with Crippen molar-refractivity contribution >= 4 is 27.5 Å². The molecule has 0 atom stereocenters. The summed E-state index contributed by atoms with van der Waals surface area (Å²) in [6, 6.07) is 1.79. The van der Waals surface area contributed by atoms with Gasteiger partial charge < -0.3 is 10.2 Å². The number of aromatic nitrogens is 2. The van der Waals surface area contributed by atoms with Crippen LogP contribution in [0.15, 0.2) is 22.6 Å². The first kappa shape index (κ1) is 17.1. The van der Waals surface area contributed by atoms with E-state index in [1.807, 2.05) is 10.3 Å². The summed E-state index contributed by atoms with van der Waals surface area (Å²) < 4.78 is 1.55. The maximum atomic E-state index is 12.4. The first-order chi connectivity index (χ1) is 11.7. The molecule has 3 heterocycles. The van der Waals surface area contributed by atoms with E-state index in [-0.39, 0.29) is 11.5 Å². The van der Waals surface area contributed by atoms with Crippen LogP contribution in [0.1, 0.15) is 26.2 Å². The van der Waals surface area contributed by atoms with Crippen molar-refractivity contribution in [2.75, 3.05) is 26.2 Å². The summed E-state index contributed by atoms with van der Waals surface area (Å²) in [5, 5.41) is 5.88. The summed E-state index contributed by atoms with van der Waals surface area (Å²) in [6.45, 7) is 6.20. The molecule has 2 aromatic heterocycles. The van der Waals surface area contributed by atoms with Crippen LogP contribution in [0.3, 0.4) is 0 Å². The fourth-order valence-corrected chi connectivity index (χ4v) is 3.89. The van der Waals surface area contributed by atoms with Crippen LogP contribution in [0.4, 0.5) is 0 Å². The number of piperidine rings is 1. The number of hydrogen-bond acceptors (Lipinski definition) is 5. The van der Waals surface area contributed by atoms with Gasteiger partial charge in [0.05, 0.1) is 11.7 Å². The molecule has 1 N–H and O–H groups in total. The molecule has 1 aliphatic rings. The van der Waals surface area contributed by atoms with Crippen molar-refractivity contribution < 1.29 is 4.79 Å². The van der Waals surface area contributed by atoms with Crippen LogP contribution in [-0.4, -0.2) is 46.5 Å². The Morgan fingerprint density at radius 1 is 1.42 bits per heavy atom. The number of rotatable bonds is 6. The topological polar surface area (TPSA) is 67.2 Å². The van der Waals surface area contributed by atoms with E-state index in [0.29, 0.717) is 24.3 Å². The lowest BCUT2D eigenvalue weighted by Crippen LogP contribution is -2.41. The summed E-state index contributed by atoms with van der Waals surface area (Å²) in [5.74, 6) is 0.802. The smallest absolute Gasteiger partial charge is 0.262 e. The minimum atomic E-state index is -0.0570. The molecule has 3 rings (SSSR count). The Bertz CT molecular complexity index is 746. The number of carbonyl (C=O) groups is 1. The molecule has 1 saturated heterocycles. The van der Waals surface area contributed by atoms with E-state index < -0.39 is 0 Å². The van der Waals surface area contributed by atoms with Gasteiger partial charge >= 0.3 is 0 Å². The van der Waals surface area contributed by atoms with Crippen LogP contribution >= 0.6 is 11.3 Å². The first-order valence-corrected chi connectivity index (χ1v) is 9.48. The molecule has 7 heteroatoms. The van der Waals surface area contributed by atoms with Gasteiger partial charge in [-0.1, -0.05) is 6.92 Å². The molecule has 0 aromatic carbocycles. The predicted octanol–water partition coefficient (Wildman–Crippen LogP) is 1.70. The number of aryl methyl sites for hydroxylation is 1. The molecule has 1 fully saturated rings. The minimum Gasteiger partial charge on any atom is -0.343 e. The Labute approximate surface area is 145 Å². The maximum absolute atomic E-state index is 12.4. The Morgan fingerprint density at radius 2 is 2.21 bits per heavy atom. The highest BCUT2D eigenvalue weighted by Gasteiger charge is 2.22. The highest BCUT2D eigenvalue weighted by Crippen LogP contribution is 2.17. The van der Waals surface area contributed by atoms with E-state index in [0.717, 1.165) is 43.9 Å². The second kappa shape index (κ2) is 7.90. The molecule has 0 radical (unpaired) electrons. The number of hydrogen-bond donors (Lipinski definition) is 1. The highest BCUT2D eigenvalue weighted by molar-refractivity contribution is 7.16. The molecular weight excluding hydrogens is 324 g/mol. The number of thiophene rings is 1. The molecule has 0 aliphatic carbocycles. The standard InChI is InChI=1S/C17H24N4O2S/c1-2-18-11-13-3-7-20(8-4-13)15(22)5-9-21-12-19-16-14(17(21)23)6-10-24-16/h6,10,12-13,18H,2-5,7-9,11H2,1H3. The minimum absolute atomic E-state index is 0.0570. The number of likely N-dealkylation sites (tertiary alicyclic amines) is 1. The normalized spacial score (nSPS) is 16.0. The zero-order valence-corrected chi connectivity index (χ0v) is 14.8. The molecule has 0 spiro atoms. The van der Waals surface area contributed by atoms with Crippen molar-refractivity contribution in [1.29, 1.82) is 0 Å². The summed E-state index contributed by atoms with van der Waals surface area (Å²) in [6.07, 6.45) is 4.02. The third kappa shape index (κ3) is 3.84. The van der Waals surface area contributed by atoms with E-state index in [1.165, 1.54) is 11.3 Å². The largest absolute Gasteiger partial charge is 0.343 e. The lowest BCUT2D eigenvalue weighted by Gasteiger charge is -2.32. The Balaban J connectivity index is 1.52. The van der Waals surface area contributed by atoms with E-state index in [9.17, 15) is 9.59 Å². The van der Waals surface area contributed by atoms with Crippen molar-refractivity contribution in [3.05, 3.63) is 28.1 Å². The van der Waals surface area contributed by atoms with Crippen LogP contribution < -0.4 is 10.9 Å². The number of nitrogens with zero attached hydrogens (tertiary/aromatic N) is 3. The average Bonchev–Trinajstić information content (AvgIpc) is 3.09. The lowest BCUT2D eigenvalue weighted by molar-refractivity contribution is -0.132. The molecule has 24 heavy (non-hydrogen) atoms. The quantitative estimate of drug-likeness (QED) is 0.863. The van der Waals surface area contributed by atoms with Gasteiger partial charge in [0.15, 0.2) is 0 Å². The van der Waals surface area contributed by atoms with E-state index in [1.54, 1.807) is 17.0 Å². The molecule has 130 valence electrons. The third-order valence-electron chi connectivity index (χ3n) is 4.67. The SMILES string of the molecule is CCNCC1CCN(C(=O)CCn2cnc3sccc3c2=O)CC1. The Hall–Kier alpha value is -1.73. The first-order valence-electron chi connectivity index (χ1n) is 8.60. The molecule has 1 amide bonds. The predicted molar refractivity (Wildman–Crippen MR) is 96.3 cm³/mol. The molecule has 0 bridgehead atoms. The maximum Gasteiger partial charge on any atom is 0.262 e. The van der Waals surface area contributed by atoms with Gasteiger partial charge in [0.2, 0.25) is 5.91 Å². The van der Waals surface area contributed by atoms with E-state index in [4.69, 9.17) is 0 Å². The van der Waals surface area contributed by atoms with Crippen LogP contribution in [0.25, 0.3) is 10.2 Å². The molecule has 2 aromatic rings. The molecule has 0 unspecified atom stereocenters. The summed E-state index contributed by atoms with van der Waals surface area (Å²) in [5.41, 5.74) is -0.0570. The monoisotopic (exact) mass is 348 g/mol. The fraction of sp³-hybridized carbons (Fsp3) is 0.588. The van der Waals surface area contributed by atoms with Gasteiger partial charge in [0, 0.05) is 26.1 Å². The molecular formula is C17H24N4O2S. The second-order valence-electron chi connectivity index (χ2n) is 6.26. The fourth-order valence-electron chi connectivity index (χ4n) is 3.16. The van der Waals surface area contributed by atoms with Gasteiger partial charge in [-0.05, 0) is 43.3 Å². The van der Waals surface area contributed by atoms with E-state index >= 15 is 0 Å². The van der Waals surface area contributed by atoms with Crippen molar-refractivity contribution in [2.24, 2.45) is 5.92 Å². The van der Waals surface area contributed by atoms with Gasteiger partial charge in [-0.2, -0.15) is 0 Å². The average molecular weight is 348 g/mol. The number of fused-ring (bicyclic) bond motifs is 1. The Morgan fingerprint density at radius 3 is 2.96 bits per heavy atom. The summed E-state index contributed by atoms with van der Waals surface area (Å²) in [7, 11) is 0. The van der Waals surface area contributed by atoms with Gasteiger partial charge in [-0.25, -0.2) is 4.98 Å². The summed E-state index contributed by atoms with van der Waals surface area (Å²) in [4.78, 5) is 31.7. The molecule has 6 nitrogen and oxygen atoms in total. The van der Waals surface area contributed by atoms with Gasteiger partial charge in [0.25, 0.3) is 5.56 Å². The number of nitrogens with one attached hydrogen (secondary N) is 1. The van der Waals surface area contributed by atoms with Gasteiger partial charge in [-0.15, -0.1) is 11.3 Å². The highest BCUT2D eigenvalue weighted by atomic mass is 32.1. The zero-order chi connectivity index (χ0) is 16.9. The van der Waals surface area contributed by atoms with Gasteiger partial charge in [-0.3, -0.25) is 14.2 Å². The molecule has 1 aliphatic heterocycles. The third-order valence-corrected chi connectivity index (χ3v) is 5.49. The second-order valence-corrected chi connectivity index (χ2v) is 7.16. The van der Waals surface area contributed by atoms with Crippen LogP contribution in [-0.2, 0) is 11.3 Å². The molecule has 0 saturated carbocycles. The Kier molecular flexibility index (Phi) is 5.63.